The molecule has 5 nitrogen and oxygen atoms in total. The summed E-state index contributed by atoms with van der Waals surface area (Å²) in [4.78, 5) is 21.6. The first kappa shape index (κ1) is 18.1. The van der Waals surface area contributed by atoms with Gasteiger partial charge in [-0.05, 0) is 55.4 Å². The van der Waals surface area contributed by atoms with Crippen LogP contribution in [0.25, 0.3) is 10.9 Å². The normalized spacial score (nSPS) is 10.7. The maximum atomic E-state index is 12.2. The van der Waals surface area contributed by atoms with Gasteiger partial charge in [-0.15, -0.1) is 0 Å². The Labute approximate surface area is 158 Å². The number of aromatic amines is 1. The van der Waals surface area contributed by atoms with E-state index in [0.717, 1.165) is 12.1 Å². The van der Waals surface area contributed by atoms with Gasteiger partial charge in [0.05, 0.1) is 17.4 Å². The number of aryl methyl sites for hydroxylation is 1. The second kappa shape index (κ2) is 8.10. The predicted molar refractivity (Wildman–Crippen MR) is 110 cm³/mol. The van der Waals surface area contributed by atoms with Crippen molar-refractivity contribution in [1.29, 1.82) is 0 Å². The minimum absolute atomic E-state index is 0.129. The first-order valence-corrected chi connectivity index (χ1v) is 9.14. The van der Waals surface area contributed by atoms with Crippen LogP contribution in [0.1, 0.15) is 25.2 Å². The fourth-order valence-corrected chi connectivity index (χ4v) is 3.10. The molecule has 0 unspecified atom stereocenters. The molecule has 0 aliphatic rings. The van der Waals surface area contributed by atoms with Crippen molar-refractivity contribution in [3.8, 4) is 0 Å². The SMILES string of the molecule is CCc1cccc(NC(=S)N(CC)Cc2nc3ccccc3c(=O)[nH]2)c1. The molecule has 0 saturated heterocycles. The van der Waals surface area contributed by atoms with Crippen molar-refractivity contribution in [3.63, 3.8) is 0 Å². The number of nitrogens with zero attached hydrogens (tertiary/aromatic N) is 2. The number of fused-ring (bicyclic) bond motifs is 1. The molecule has 0 atom stereocenters. The van der Waals surface area contributed by atoms with Gasteiger partial charge < -0.3 is 15.2 Å². The molecule has 0 fully saturated rings. The van der Waals surface area contributed by atoms with Crippen LogP contribution < -0.4 is 10.9 Å². The van der Waals surface area contributed by atoms with Crippen molar-refractivity contribution >= 4 is 33.9 Å². The zero-order valence-corrected chi connectivity index (χ0v) is 15.8. The summed E-state index contributed by atoms with van der Waals surface area (Å²) in [6.07, 6.45) is 0.974. The van der Waals surface area contributed by atoms with E-state index in [2.05, 4.69) is 34.3 Å². The van der Waals surface area contributed by atoms with Crippen LogP contribution in [0.3, 0.4) is 0 Å². The van der Waals surface area contributed by atoms with Crippen molar-refractivity contribution in [3.05, 3.63) is 70.3 Å². The number of aromatic nitrogens is 2. The summed E-state index contributed by atoms with van der Waals surface area (Å²) >= 11 is 5.56. The molecule has 0 bridgehead atoms. The second-order valence-corrected chi connectivity index (χ2v) is 6.41. The summed E-state index contributed by atoms with van der Waals surface area (Å²) in [6, 6.07) is 15.5. The number of hydrogen-bond donors (Lipinski definition) is 2. The molecule has 0 spiro atoms. The van der Waals surface area contributed by atoms with Crippen molar-refractivity contribution in [2.75, 3.05) is 11.9 Å². The molecule has 0 saturated carbocycles. The summed E-state index contributed by atoms with van der Waals surface area (Å²) in [5, 5.41) is 4.48. The van der Waals surface area contributed by atoms with Crippen LogP contribution in [0.2, 0.25) is 0 Å². The van der Waals surface area contributed by atoms with E-state index in [4.69, 9.17) is 12.2 Å². The van der Waals surface area contributed by atoms with Crippen LogP contribution in [0.5, 0.6) is 0 Å². The molecule has 2 N–H and O–H groups in total. The van der Waals surface area contributed by atoms with E-state index < -0.39 is 0 Å². The third kappa shape index (κ3) is 4.08. The van der Waals surface area contributed by atoms with E-state index in [1.54, 1.807) is 6.07 Å². The molecule has 0 aliphatic carbocycles. The Balaban J connectivity index is 1.78. The van der Waals surface area contributed by atoms with E-state index in [-0.39, 0.29) is 5.56 Å². The monoisotopic (exact) mass is 366 g/mol. The van der Waals surface area contributed by atoms with Crippen molar-refractivity contribution in [1.82, 2.24) is 14.9 Å². The van der Waals surface area contributed by atoms with E-state index >= 15 is 0 Å². The van der Waals surface area contributed by atoms with E-state index in [9.17, 15) is 4.79 Å². The Hall–Kier alpha value is -2.73. The zero-order chi connectivity index (χ0) is 18.5. The molecule has 1 aromatic heterocycles. The lowest BCUT2D eigenvalue weighted by atomic mass is 10.1. The lowest BCUT2D eigenvalue weighted by molar-refractivity contribution is 0.429. The topological polar surface area (TPSA) is 61.0 Å². The van der Waals surface area contributed by atoms with Crippen LogP contribution in [-0.4, -0.2) is 26.5 Å². The van der Waals surface area contributed by atoms with Crippen LogP contribution in [0, 0.1) is 0 Å². The molecule has 3 aromatic rings. The number of hydrogen-bond acceptors (Lipinski definition) is 3. The smallest absolute Gasteiger partial charge is 0.258 e. The minimum atomic E-state index is -0.129. The lowest BCUT2D eigenvalue weighted by Crippen LogP contribution is -2.35. The first-order chi connectivity index (χ1) is 12.6. The summed E-state index contributed by atoms with van der Waals surface area (Å²) in [6.45, 7) is 5.29. The van der Waals surface area contributed by atoms with Crippen molar-refractivity contribution in [2.45, 2.75) is 26.8 Å². The molecule has 0 radical (unpaired) electrons. The van der Waals surface area contributed by atoms with E-state index in [1.807, 2.05) is 42.2 Å². The zero-order valence-electron chi connectivity index (χ0n) is 15.0. The first-order valence-electron chi connectivity index (χ1n) is 8.73. The molecular weight excluding hydrogens is 344 g/mol. The number of rotatable bonds is 5. The number of benzene rings is 2. The number of para-hydroxylation sites is 1. The van der Waals surface area contributed by atoms with Crippen molar-refractivity contribution < 1.29 is 0 Å². The maximum absolute atomic E-state index is 12.2. The van der Waals surface area contributed by atoms with Crippen LogP contribution in [-0.2, 0) is 13.0 Å². The molecule has 0 amide bonds. The van der Waals surface area contributed by atoms with Crippen LogP contribution >= 0.6 is 12.2 Å². The van der Waals surface area contributed by atoms with Gasteiger partial charge in [-0.1, -0.05) is 31.2 Å². The van der Waals surface area contributed by atoms with E-state index in [1.165, 1.54) is 5.56 Å². The van der Waals surface area contributed by atoms with Crippen LogP contribution in [0.4, 0.5) is 5.69 Å². The standard InChI is InChI=1S/C20H22N4OS/c1-3-14-8-7-9-15(12-14)21-20(26)24(4-2)13-18-22-17-11-6-5-10-16(17)19(25)23-18/h5-12H,3-4,13H2,1-2H3,(H,21,26)(H,22,23,25). The quantitative estimate of drug-likeness (QED) is 0.674. The molecule has 26 heavy (non-hydrogen) atoms. The largest absolute Gasteiger partial charge is 0.342 e. The van der Waals surface area contributed by atoms with E-state index in [0.29, 0.717) is 34.9 Å². The molecule has 1 heterocycles. The third-order valence-electron chi connectivity index (χ3n) is 4.26. The second-order valence-electron chi connectivity index (χ2n) is 6.03. The minimum Gasteiger partial charge on any atom is -0.342 e. The van der Waals surface area contributed by atoms with Gasteiger partial charge in [0.1, 0.15) is 5.82 Å². The molecule has 2 aromatic carbocycles. The highest BCUT2D eigenvalue weighted by Crippen LogP contribution is 2.13. The van der Waals surface area contributed by atoms with Gasteiger partial charge >= 0.3 is 0 Å². The molecule has 6 heteroatoms. The summed E-state index contributed by atoms with van der Waals surface area (Å²) in [5.74, 6) is 0.599. The number of nitrogens with one attached hydrogen (secondary N) is 2. The van der Waals surface area contributed by atoms with Crippen LogP contribution in [0.15, 0.2) is 53.3 Å². The Morgan fingerprint density at radius 3 is 2.77 bits per heavy atom. The molecule has 134 valence electrons. The highest BCUT2D eigenvalue weighted by Gasteiger charge is 2.12. The number of H-pyrrole nitrogens is 1. The number of thiocarbonyl (C=S) groups is 1. The van der Waals surface area contributed by atoms with Crippen molar-refractivity contribution in [2.24, 2.45) is 0 Å². The Bertz CT molecular complexity index is 983. The number of anilines is 1. The van der Waals surface area contributed by atoms with Gasteiger partial charge in [-0.2, -0.15) is 0 Å². The van der Waals surface area contributed by atoms with Gasteiger partial charge in [-0.3, -0.25) is 4.79 Å². The summed E-state index contributed by atoms with van der Waals surface area (Å²) in [5.41, 5.74) is 2.78. The Morgan fingerprint density at radius 1 is 1.19 bits per heavy atom. The highest BCUT2D eigenvalue weighted by atomic mass is 32.1. The lowest BCUT2D eigenvalue weighted by Gasteiger charge is -2.24. The Morgan fingerprint density at radius 2 is 2.00 bits per heavy atom. The summed E-state index contributed by atoms with van der Waals surface area (Å²) < 4.78 is 0. The van der Waals surface area contributed by atoms with Gasteiger partial charge in [0.25, 0.3) is 5.56 Å². The van der Waals surface area contributed by atoms with Gasteiger partial charge in [0.2, 0.25) is 0 Å². The van der Waals surface area contributed by atoms with Gasteiger partial charge in [0.15, 0.2) is 5.11 Å². The Kier molecular flexibility index (Phi) is 5.63. The highest BCUT2D eigenvalue weighted by molar-refractivity contribution is 7.80. The molecular formula is C20H22N4OS. The van der Waals surface area contributed by atoms with Gasteiger partial charge in [0, 0.05) is 12.2 Å². The fourth-order valence-electron chi connectivity index (χ4n) is 2.79. The summed E-state index contributed by atoms with van der Waals surface area (Å²) in [7, 11) is 0. The molecule has 0 aliphatic heterocycles. The molecule has 3 rings (SSSR count). The fraction of sp³-hybridized carbons (Fsp3) is 0.250. The average Bonchev–Trinajstić information content (AvgIpc) is 2.66. The average molecular weight is 366 g/mol. The maximum Gasteiger partial charge on any atom is 0.258 e. The predicted octanol–water partition coefficient (Wildman–Crippen LogP) is 3.70. The third-order valence-corrected chi connectivity index (χ3v) is 4.62. The van der Waals surface area contributed by atoms with Gasteiger partial charge in [-0.25, -0.2) is 4.98 Å².